The summed E-state index contributed by atoms with van der Waals surface area (Å²) in [5, 5.41) is 0. The van der Waals surface area contributed by atoms with Gasteiger partial charge in [-0.3, -0.25) is 0 Å². The van der Waals surface area contributed by atoms with Gasteiger partial charge >= 0.3 is 0 Å². The third kappa shape index (κ3) is 1.27. The van der Waals surface area contributed by atoms with Crippen molar-refractivity contribution in [2.75, 3.05) is 0 Å². The molecular formula is C10H12. The van der Waals surface area contributed by atoms with Crippen LogP contribution in [-0.2, 0) is 0 Å². The molecule has 1 rings (SSSR count). The molecule has 0 amide bonds. The van der Waals surface area contributed by atoms with Gasteiger partial charge in [-0.05, 0) is 24.0 Å². The fourth-order valence-electron chi connectivity index (χ4n) is 1.02. The molecule has 0 heterocycles. The zero-order valence-corrected chi connectivity index (χ0v) is 6.14. The third-order valence-corrected chi connectivity index (χ3v) is 1.76. The highest BCUT2D eigenvalue weighted by Crippen LogP contribution is 2.29. The van der Waals surface area contributed by atoms with Crippen LogP contribution in [0.25, 0.3) is 0 Å². The summed E-state index contributed by atoms with van der Waals surface area (Å²) in [6.07, 6.45) is 10.2. The van der Waals surface area contributed by atoms with Crippen molar-refractivity contribution >= 4 is 0 Å². The van der Waals surface area contributed by atoms with Gasteiger partial charge < -0.3 is 0 Å². The van der Waals surface area contributed by atoms with Crippen molar-refractivity contribution in [1.82, 2.24) is 0 Å². The average molecular weight is 132 g/mol. The van der Waals surface area contributed by atoms with Crippen LogP contribution in [-0.4, -0.2) is 0 Å². The van der Waals surface area contributed by atoms with Gasteiger partial charge in [-0.25, -0.2) is 0 Å². The van der Waals surface area contributed by atoms with E-state index in [1.807, 2.05) is 12.2 Å². The third-order valence-electron chi connectivity index (χ3n) is 1.76. The van der Waals surface area contributed by atoms with Gasteiger partial charge in [-0.2, -0.15) is 0 Å². The van der Waals surface area contributed by atoms with E-state index in [4.69, 9.17) is 0 Å². The minimum Gasteiger partial charge on any atom is -0.0991 e. The lowest BCUT2D eigenvalue weighted by Crippen LogP contribution is -1.98. The summed E-state index contributed by atoms with van der Waals surface area (Å²) in [7, 11) is 0. The topological polar surface area (TPSA) is 0 Å². The average Bonchev–Trinajstić information content (AvgIpc) is 1.88. The van der Waals surface area contributed by atoms with Crippen LogP contribution >= 0.6 is 0 Å². The standard InChI is InChI=1S/C10H12/c1-3-5-6-10-8-7-9(10)4-2/h3-6H,1-2,7-8H2/b6-5-. The van der Waals surface area contributed by atoms with Gasteiger partial charge in [0.15, 0.2) is 0 Å². The Labute approximate surface area is 62.3 Å². The summed E-state index contributed by atoms with van der Waals surface area (Å²) in [6.45, 7) is 7.33. The first-order valence-electron chi connectivity index (χ1n) is 3.52. The quantitative estimate of drug-likeness (QED) is 0.518. The van der Waals surface area contributed by atoms with Gasteiger partial charge in [0.25, 0.3) is 0 Å². The molecule has 0 saturated carbocycles. The molecule has 0 nitrogen and oxygen atoms in total. The first kappa shape index (κ1) is 7.07. The van der Waals surface area contributed by atoms with Gasteiger partial charge in [0.2, 0.25) is 0 Å². The fraction of sp³-hybridized carbons (Fsp3) is 0.200. The van der Waals surface area contributed by atoms with Crippen molar-refractivity contribution in [3.63, 3.8) is 0 Å². The van der Waals surface area contributed by atoms with Crippen molar-refractivity contribution in [3.05, 3.63) is 48.6 Å². The number of rotatable bonds is 3. The highest BCUT2D eigenvalue weighted by molar-refractivity contribution is 5.40. The number of hydrogen-bond donors (Lipinski definition) is 0. The molecule has 0 aromatic carbocycles. The largest absolute Gasteiger partial charge is 0.0991 e. The second kappa shape index (κ2) is 3.21. The lowest BCUT2D eigenvalue weighted by atomic mass is 9.88. The molecule has 1 aliphatic rings. The molecule has 0 saturated heterocycles. The second-order valence-electron chi connectivity index (χ2n) is 2.35. The summed E-state index contributed by atoms with van der Waals surface area (Å²) in [4.78, 5) is 0. The van der Waals surface area contributed by atoms with Crippen LogP contribution in [0.4, 0.5) is 0 Å². The molecule has 0 atom stereocenters. The molecule has 0 aromatic rings. The van der Waals surface area contributed by atoms with E-state index in [1.54, 1.807) is 6.08 Å². The molecule has 0 heteroatoms. The van der Waals surface area contributed by atoms with Gasteiger partial charge in [-0.1, -0.05) is 37.5 Å². The van der Waals surface area contributed by atoms with E-state index in [0.717, 1.165) is 0 Å². The minimum atomic E-state index is 1.19. The van der Waals surface area contributed by atoms with E-state index in [2.05, 4.69) is 19.2 Å². The Kier molecular flexibility index (Phi) is 2.27. The molecule has 0 bridgehead atoms. The highest BCUT2D eigenvalue weighted by atomic mass is 14.1. The molecule has 0 unspecified atom stereocenters. The highest BCUT2D eigenvalue weighted by Gasteiger charge is 2.09. The summed E-state index contributed by atoms with van der Waals surface area (Å²) < 4.78 is 0. The second-order valence-corrected chi connectivity index (χ2v) is 2.35. The van der Waals surface area contributed by atoms with E-state index in [0.29, 0.717) is 0 Å². The Balaban J connectivity index is 2.64. The van der Waals surface area contributed by atoms with Crippen LogP contribution in [0.2, 0.25) is 0 Å². The normalized spacial score (nSPS) is 17.2. The van der Waals surface area contributed by atoms with Gasteiger partial charge in [0.05, 0.1) is 0 Å². The predicted molar refractivity (Wildman–Crippen MR) is 45.8 cm³/mol. The van der Waals surface area contributed by atoms with Crippen molar-refractivity contribution in [3.8, 4) is 0 Å². The van der Waals surface area contributed by atoms with Crippen LogP contribution in [0.5, 0.6) is 0 Å². The van der Waals surface area contributed by atoms with Crippen molar-refractivity contribution in [1.29, 1.82) is 0 Å². The molecule has 0 aromatic heterocycles. The van der Waals surface area contributed by atoms with E-state index in [-0.39, 0.29) is 0 Å². The summed E-state index contributed by atoms with van der Waals surface area (Å²) in [5.74, 6) is 0. The molecule has 0 N–H and O–H groups in total. The monoisotopic (exact) mass is 132 g/mol. The van der Waals surface area contributed by atoms with Crippen molar-refractivity contribution in [2.24, 2.45) is 0 Å². The van der Waals surface area contributed by atoms with E-state index >= 15 is 0 Å². The maximum atomic E-state index is 3.72. The van der Waals surface area contributed by atoms with Crippen LogP contribution in [0, 0.1) is 0 Å². The molecule has 10 heavy (non-hydrogen) atoms. The van der Waals surface area contributed by atoms with E-state index in [9.17, 15) is 0 Å². The smallest absolute Gasteiger partial charge is 0.0235 e. The maximum absolute atomic E-state index is 3.72. The van der Waals surface area contributed by atoms with Crippen LogP contribution < -0.4 is 0 Å². The fourth-order valence-corrected chi connectivity index (χ4v) is 1.02. The molecule has 0 aliphatic heterocycles. The van der Waals surface area contributed by atoms with Crippen molar-refractivity contribution in [2.45, 2.75) is 12.8 Å². The molecule has 0 spiro atoms. The summed E-state index contributed by atoms with van der Waals surface area (Å²) in [6, 6.07) is 0. The molecule has 0 radical (unpaired) electrons. The minimum absolute atomic E-state index is 1.19. The number of hydrogen-bond acceptors (Lipinski definition) is 0. The van der Waals surface area contributed by atoms with Gasteiger partial charge in [0.1, 0.15) is 0 Å². The Morgan fingerprint density at radius 3 is 2.20 bits per heavy atom. The first-order chi connectivity index (χ1) is 4.88. The first-order valence-corrected chi connectivity index (χ1v) is 3.52. The Hall–Kier alpha value is -1.04. The van der Waals surface area contributed by atoms with Crippen LogP contribution in [0.1, 0.15) is 12.8 Å². The number of allylic oxidation sites excluding steroid dienone is 6. The van der Waals surface area contributed by atoms with Gasteiger partial charge in [-0.15, -0.1) is 0 Å². The van der Waals surface area contributed by atoms with E-state index < -0.39 is 0 Å². The predicted octanol–water partition coefficient (Wildman–Crippen LogP) is 3.01. The molecular weight excluding hydrogens is 120 g/mol. The summed E-state index contributed by atoms with van der Waals surface area (Å²) >= 11 is 0. The Bertz CT molecular complexity index is 204. The SMILES string of the molecule is C=C/C=C\C1=C(C=C)CC1. The zero-order valence-electron chi connectivity index (χ0n) is 6.14. The lowest BCUT2D eigenvalue weighted by Gasteiger charge is -2.17. The Morgan fingerprint density at radius 2 is 1.80 bits per heavy atom. The van der Waals surface area contributed by atoms with Crippen LogP contribution in [0.15, 0.2) is 48.6 Å². The Morgan fingerprint density at radius 1 is 1.10 bits per heavy atom. The lowest BCUT2D eigenvalue weighted by molar-refractivity contribution is 0.856. The zero-order chi connectivity index (χ0) is 7.40. The molecule has 1 aliphatic carbocycles. The summed E-state index contributed by atoms with van der Waals surface area (Å²) in [5.41, 5.74) is 2.80. The maximum Gasteiger partial charge on any atom is -0.0235 e. The van der Waals surface area contributed by atoms with Crippen LogP contribution in [0.3, 0.4) is 0 Å². The molecule has 0 fully saturated rings. The molecule has 52 valence electrons. The van der Waals surface area contributed by atoms with E-state index in [1.165, 1.54) is 24.0 Å². The van der Waals surface area contributed by atoms with Gasteiger partial charge in [0, 0.05) is 0 Å². The van der Waals surface area contributed by atoms with Crippen molar-refractivity contribution < 1.29 is 0 Å².